The maximum absolute atomic E-state index is 10.9. The van der Waals surface area contributed by atoms with E-state index in [9.17, 15) is 10.2 Å². The molecule has 0 bridgehead atoms. The van der Waals surface area contributed by atoms with Crippen LogP contribution in [0.5, 0.6) is 0 Å². The van der Waals surface area contributed by atoms with E-state index < -0.39 is 6.10 Å². The maximum Gasteiger partial charge on any atom is 0.0726 e. The molecule has 2 nitrogen and oxygen atoms in total. The van der Waals surface area contributed by atoms with Gasteiger partial charge >= 0.3 is 0 Å². The summed E-state index contributed by atoms with van der Waals surface area (Å²) in [6.45, 7) is 14.4. The predicted molar refractivity (Wildman–Crippen MR) is 127 cm³/mol. The molecule has 1 aliphatic carbocycles. The first-order chi connectivity index (χ1) is 13.7. The Kier molecular flexibility index (Phi) is 11.5. The molecule has 1 aliphatic rings. The first-order valence-corrected chi connectivity index (χ1v) is 11.4. The molecule has 164 valence electrons. The minimum Gasteiger partial charge on any atom is -0.392 e. The van der Waals surface area contributed by atoms with Gasteiger partial charge in [-0.1, -0.05) is 93.9 Å². The molecule has 0 heterocycles. The third kappa shape index (κ3) is 8.88. The zero-order valence-electron chi connectivity index (χ0n) is 19.4. The van der Waals surface area contributed by atoms with Gasteiger partial charge < -0.3 is 10.2 Å². The number of allylic oxidation sites excluding steroid dienone is 8. The molecule has 0 aliphatic heterocycles. The Morgan fingerprint density at radius 3 is 2.59 bits per heavy atom. The van der Waals surface area contributed by atoms with Gasteiger partial charge in [0.2, 0.25) is 0 Å². The SMILES string of the molecule is C=C/C=C\C=C(/C)CCC(O)/C=C(\C)[C@H]1CC(C)(C)C(O)[C@@H]1C/C=C\CCCC. The van der Waals surface area contributed by atoms with Crippen molar-refractivity contribution in [3.05, 3.63) is 60.3 Å². The summed E-state index contributed by atoms with van der Waals surface area (Å²) >= 11 is 0. The van der Waals surface area contributed by atoms with Crippen molar-refractivity contribution in [2.75, 3.05) is 0 Å². The van der Waals surface area contributed by atoms with Crippen LogP contribution in [-0.4, -0.2) is 22.4 Å². The molecule has 0 radical (unpaired) electrons. The fourth-order valence-corrected chi connectivity index (χ4v) is 4.39. The van der Waals surface area contributed by atoms with Crippen LogP contribution in [0.2, 0.25) is 0 Å². The first-order valence-electron chi connectivity index (χ1n) is 11.4. The lowest BCUT2D eigenvalue weighted by molar-refractivity contribution is 0.0447. The smallest absolute Gasteiger partial charge is 0.0726 e. The molecule has 2 unspecified atom stereocenters. The predicted octanol–water partition coefficient (Wildman–Crippen LogP) is 6.92. The summed E-state index contributed by atoms with van der Waals surface area (Å²) in [5.74, 6) is 0.564. The Hall–Kier alpha value is -1.38. The van der Waals surface area contributed by atoms with E-state index >= 15 is 0 Å². The third-order valence-corrected chi connectivity index (χ3v) is 6.27. The Morgan fingerprint density at radius 1 is 1.21 bits per heavy atom. The molecule has 4 atom stereocenters. The van der Waals surface area contributed by atoms with Gasteiger partial charge in [0.15, 0.2) is 0 Å². The van der Waals surface area contributed by atoms with Gasteiger partial charge in [-0.05, 0) is 63.2 Å². The molecule has 1 fully saturated rings. The van der Waals surface area contributed by atoms with Crippen molar-refractivity contribution in [2.24, 2.45) is 17.3 Å². The van der Waals surface area contributed by atoms with Gasteiger partial charge in [-0.2, -0.15) is 0 Å². The van der Waals surface area contributed by atoms with Crippen LogP contribution in [0.15, 0.2) is 60.3 Å². The van der Waals surface area contributed by atoms with Gasteiger partial charge in [-0.25, -0.2) is 0 Å². The highest BCUT2D eigenvalue weighted by Gasteiger charge is 2.47. The van der Waals surface area contributed by atoms with Crippen LogP contribution in [0.3, 0.4) is 0 Å². The van der Waals surface area contributed by atoms with Gasteiger partial charge in [0.25, 0.3) is 0 Å². The van der Waals surface area contributed by atoms with Crippen LogP contribution in [0.1, 0.15) is 79.6 Å². The van der Waals surface area contributed by atoms with Crippen molar-refractivity contribution in [2.45, 2.75) is 91.8 Å². The molecule has 2 N–H and O–H groups in total. The molecule has 0 amide bonds. The average molecular weight is 401 g/mol. The normalized spacial score (nSPS) is 26.5. The Labute approximate surface area is 179 Å². The van der Waals surface area contributed by atoms with E-state index in [4.69, 9.17) is 0 Å². The second-order valence-electron chi connectivity index (χ2n) is 9.41. The highest BCUT2D eigenvalue weighted by molar-refractivity contribution is 5.17. The summed E-state index contributed by atoms with van der Waals surface area (Å²) in [6, 6.07) is 0. The number of rotatable bonds is 12. The van der Waals surface area contributed by atoms with Crippen molar-refractivity contribution in [1.29, 1.82) is 0 Å². The van der Waals surface area contributed by atoms with Crippen LogP contribution < -0.4 is 0 Å². The van der Waals surface area contributed by atoms with E-state index in [0.29, 0.717) is 5.92 Å². The fourth-order valence-electron chi connectivity index (χ4n) is 4.39. The minimum atomic E-state index is -0.441. The van der Waals surface area contributed by atoms with E-state index in [1.54, 1.807) is 6.08 Å². The van der Waals surface area contributed by atoms with E-state index in [-0.39, 0.29) is 17.4 Å². The van der Waals surface area contributed by atoms with Crippen molar-refractivity contribution < 1.29 is 10.2 Å². The minimum absolute atomic E-state index is 0.0799. The largest absolute Gasteiger partial charge is 0.392 e. The standard InChI is InChI=1S/C27H44O2/c1-7-9-11-12-14-16-24-25(20-27(5,6)26(24)29)22(4)19-23(28)18-17-21(3)15-13-10-8-2/h8,10,12-15,19,23-26,28-29H,2,7,9,11,16-18,20H2,1,3-6H3/b13-10-,14-12-,21-15+,22-19+/t23?,24-,25-,26?/m1/s1. The van der Waals surface area contributed by atoms with Crippen LogP contribution in [0, 0.1) is 17.3 Å². The highest BCUT2D eigenvalue weighted by Crippen LogP contribution is 2.49. The van der Waals surface area contributed by atoms with Crippen molar-refractivity contribution in [3.8, 4) is 0 Å². The first kappa shape index (κ1) is 25.7. The quantitative estimate of drug-likeness (QED) is 0.212. The summed E-state index contributed by atoms with van der Waals surface area (Å²) in [4.78, 5) is 0. The lowest BCUT2D eigenvalue weighted by Crippen LogP contribution is -2.28. The number of hydrogen-bond donors (Lipinski definition) is 2. The summed E-state index contributed by atoms with van der Waals surface area (Å²) < 4.78 is 0. The summed E-state index contributed by atoms with van der Waals surface area (Å²) in [5, 5.41) is 21.4. The second-order valence-corrected chi connectivity index (χ2v) is 9.41. The molecular formula is C27H44O2. The third-order valence-electron chi connectivity index (χ3n) is 6.27. The van der Waals surface area contributed by atoms with Crippen molar-refractivity contribution in [1.82, 2.24) is 0 Å². The average Bonchev–Trinajstić information content (AvgIpc) is 2.90. The number of unbranched alkanes of at least 4 members (excludes halogenated alkanes) is 2. The Bertz CT molecular complexity index is 606. The van der Waals surface area contributed by atoms with E-state index in [1.807, 2.05) is 18.2 Å². The summed E-state index contributed by atoms with van der Waals surface area (Å²) in [6.07, 6.45) is 20.6. The van der Waals surface area contributed by atoms with Gasteiger partial charge in [0.05, 0.1) is 12.2 Å². The van der Waals surface area contributed by atoms with E-state index in [1.165, 1.54) is 24.0 Å². The zero-order chi connectivity index (χ0) is 21.9. The molecular weight excluding hydrogens is 356 g/mol. The van der Waals surface area contributed by atoms with E-state index in [0.717, 1.165) is 32.1 Å². The number of hydrogen-bond acceptors (Lipinski definition) is 2. The summed E-state index contributed by atoms with van der Waals surface area (Å²) in [5.41, 5.74) is 2.40. The molecule has 0 spiro atoms. The van der Waals surface area contributed by atoms with Gasteiger partial charge in [-0.15, -0.1) is 0 Å². The van der Waals surface area contributed by atoms with Crippen LogP contribution in [0.4, 0.5) is 0 Å². The van der Waals surface area contributed by atoms with Crippen LogP contribution >= 0.6 is 0 Å². The zero-order valence-corrected chi connectivity index (χ0v) is 19.4. The Balaban J connectivity index is 2.74. The monoisotopic (exact) mass is 400 g/mol. The highest BCUT2D eigenvalue weighted by atomic mass is 16.3. The lowest BCUT2D eigenvalue weighted by atomic mass is 9.85. The number of aliphatic hydroxyl groups is 2. The van der Waals surface area contributed by atoms with E-state index in [2.05, 4.69) is 59.4 Å². The van der Waals surface area contributed by atoms with Crippen LogP contribution in [-0.2, 0) is 0 Å². The summed E-state index contributed by atoms with van der Waals surface area (Å²) in [7, 11) is 0. The molecule has 1 rings (SSSR count). The number of aliphatic hydroxyl groups excluding tert-OH is 2. The van der Waals surface area contributed by atoms with Crippen molar-refractivity contribution >= 4 is 0 Å². The van der Waals surface area contributed by atoms with Gasteiger partial charge in [0, 0.05) is 0 Å². The van der Waals surface area contributed by atoms with Gasteiger partial charge in [0.1, 0.15) is 0 Å². The fraction of sp³-hybridized carbons (Fsp3) is 0.630. The van der Waals surface area contributed by atoms with Crippen molar-refractivity contribution in [3.63, 3.8) is 0 Å². The molecule has 0 saturated heterocycles. The Morgan fingerprint density at radius 2 is 1.93 bits per heavy atom. The topological polar surface area (TPSA) is 40.5 Å². The molecule has 0 aromatic rings. The molecule has 29 heavy (non-hydrogen) atoms. The molecule has 1 saturated carbocycles. The second kappa shape index (κ2) is 13.0. The molecule has 2 heteroatoms. The maximum atomic E-state index is 10.9. The lowest BCUT2D eigenvalue weighted by Gasteiger charge is -2.25. The van der Waals surface area contributed by atoms with Gasteiger partial charge in [-0.3, -0.25) is 0 Å². The molecule has 0 aromatic carbocycles. The molecule has 0 aromatic heterocycles. The van der Waals surface area contributed by atoms with Crippen LogP contribution in [0.25, 0.3) is 0 Å².